The maximum Gasteiger partial charge on any atom is 0.255 e. The third-order valence-corrected chi connectivity index (χ3v) is 7.08. The van der Waals surface area contributed by atoms with E-state index in [1.54, 1.807) is 12.1 Å². The number of hydrogen-bond acceptors (Lipinski definition) is 4. The van der Waals surface area contributed by atoms with Crippen LogP contribution in [0.1, 0.15) is 16.7 Å². The van der Waals surface area contributed by atoms with Crippen molar-refractivity contribution in [3.8, 4) is 0 Å². The fraction of sp³-hybridized carbons (Fsp3) is 0.259. The van der Waals surface area contributed by atoms with E-state index in [1.807, 2.05) is 59.5 Å². The second-order valence-corrected chi connectivity index (χ2v) is 9.82. The van der Waals surface area contributed by atoms with Crippen LogP contribution in [-0.2, 0) is 28.0 Å². The standard InChI is InChI=1S/C27H26Cl2N4O2/c28-20-6-3-4-18(14-20)17-27(22-9-8-21(29)16-24(22)31-26(27)35)32-23-7-2-1-5-19(23)15-25(34)33-12-10-30-11-13-33/h1-9,14,16,30,32H,10-13,15,17H2,(H,31,35). The van der Waals surface area contributed by atoms with E-state index in [0.29, 0.717) is 35.2 Å². The van der Waals surface area contributed by atoms with Gasteiger partial charge in [0.2, 0.25) is 5.91 Å². The van der Waals surface area contributed by atoms with Gasteiger partial charge in [0.05, 0.1) is 6.42 Å². The molecule has 5 rings (SSSR count). The van der Waals surface area contributed by atoms with Gasteiger partial charge in [0.25, 0.3) is 5.91 Å². The lowest BCUT2D eigenvalue weighted by Crippen LogP contribution is -2.47. The number of piperazine rings is 1. The maximum atomic E-state index is 13.6. The van der Waals surface area contributed by atoms with E-state index in [2.05, 4.69) is 16.0 Å². The summed E-state index contributed by atoms with van der Waals surface area (Å²) in [6, 6.07) is 20.6. The summed E-state index contributed by atoms with van der Waals surface area (Å²) in [5, 5.41) is 11.0. The number of nitrogens with one attached hydrogen (secondary N) is 3. The molecule has 0 aliphatic carbocycles. The molecule has 3 aromatic rings. The van der Waals surface area contributed by atoms with E-state index < -0.39 is 5.54 Å². The summed E-state index contributed by atoms with van der Waals surface area (Å²) < 4.78 is 0. The second-order valence-electron chi connectivity index (χ2n) is 8.95. The predicted octanol–water partition coefficient (Wildman–Crippen LogP) is 4.47. The van der Waals surface area contributed by atoms with E-state index in [1.165, 1.54) is 0 Å². The molecule has 180 valence electrons. The van der Waals surface area contributed by atoms with Crippen LogP contribution in [0.2, 0.25) is 10.0 Å². The molecule has 1 unspecified atom stereocenters. The first-order chi connectivity index (χ1) is 16.9. The number of benzene rings is 3. The van der Waals surface area contributed by atoms with Gasteiger partial charge in [-0.15, -0.1) is 0 Å². The molecule has 6 nitrogen and oxygen atoms in total. The summed E-state index contributed by atoms with van der Waals surface area (Å²) in [5.41, 5.74) is 2.88. The fourth-order valence-electron chi connectivity index (χ4n) is 4.86. The van der Waals surface area contributed by atoms with Crippen LogP contribution in [0.25, 0.3) is 0 Å². The molecule has 1 fully saturated rings. The van der Waals surface area contributed by atoms with Crippen molar-refractivity contribution in [2.24, 2.45) is 0 Å². The van der Waals surface area contributed by atoms with Crippen LogP contribution >= 0.6 is 23.2 Å². The maximum absolute atomic E-state index is 13.6. The number of carbonyl (C=O) groups excluding carboxylic acids is 2. The zero-order chi connectivity index (χ0) is 24.4. The van der Waals surface area contributed by atoms with E-state index >= 15 is 0 Å². The summed E-state index contributed by atoms with van der Waals surface area (Å²) >= 11 is 12.5. The molecule has 2 amide bonds. The van der Waals surface area contributed by atoms with Crippen LogP contribution < -0.4 is 16.0 Å². The van der Waals surface area contributed by atoms with Crippen LogP contribution in [0.4, 0.5) is 11.4 Å². The number of amides is 2. The first-order valence-electron chi connectivity index (χ1n) is 11.7. The van der Waals surface area contributed by atoms with Crippen molar-refractivity contribution >= 4 is 46.4 Å². The van der Waals surface area contributed by atoms with Crippen LogP contribution in [0.5, 0.6) is 0 Å². The fourth-order valence-corrected chi connectivity index (χ4v) is 5.24. The molecule has 2 heterocycles. The SMILES string of the molecule is O=C(Cc1ccccc1NC1(Cc2cccc(Cl)c2)C(=O)Nc2cc(Cl)ccc21)N1CCNCC1. The topological polar surface area (TPSA) is 73.5 Å². The number of carbonyl (C=O) groups is 2. The number of nitrogens with zero attached hydrogens (tertiary/aromatic N) is 1. The van der Waals surface area contributed by atoms with Crippen molar-refractivity contribution in [2.75, 3.05) is 36.8 Å². The largest absolute Gasteiger partial charge is 0.367 e. The van der Waals surface area contributed by atoms with Gasteiger partial charge in [-0.05, 0) is 41.5 Å². The molecule has 2 aliphatic rings. The van der Waals surface area contributed by atoms with Crippen molar-refractivity contribution in [3.05, 3.63) is 93.5 Å². The second kappa shape index (κ2) is 9.90. The number of fused-ring (bicyclic) bond motifs is 1. The lowest BCUT2D eigenvalue weighted by atomic mass is 9.84. The molecule has 0 spiro atoms. The molecular formula is C27H26Cl2N4O2. The van der Waals surface area contributed by atoms with Gasteiger partial charge in [-0.2, -0.15) is 0 Å². The molecule has 35 heavy (non-hydrogen) atoms. The highest BCUT2D eigenvalue weighted by atomic mass is 35.5. The lowest BCUT2D eigenvalue weighted by molar-refractivity contribution is -0.131. The van der Waals surface area contributed by atoms with Gasteiger partial charge < -0.3 is 20.9 Å². The number of hydrogen-bond donors (Lipinski definition) is 3. The molecule has 3 aromatic carbocycles. The molecule has 3 N–H and O–H groups in total. The lowest BCUT2D eigenvalue weighted by Gasteiger charge is -2.32. The molecule has 0 aromatic heterocycles. The Hall–Kier alpha value is -3.06. The molecule has 2 aliphatic heterocycles. The van der Waals surface area contributed by atoms with Crippen molar-refractivity contribution in [1.29, 1.82) is 0 Å². The van der Waals surface area contributed by atoms with Gasteiger partial charge in [0, 0.05) is 59.6 Å². The third kappa shape index (κ3) is 4.87. The zero-order valence-electron chi connectivity index (χ0n) is 19.1. The smallest absolute Gasteiger partial charge is 0.255 e. The number of anilines is 2. The van der Waals surface area contributed by atoms with Crippen LogP contribution in [0, 0.1) is 0 Å². The van der Waals surface area contributed by atoms with E-state index in [4.69, 9.17) is 23.2 Å². The monoisotopic (exact) mass is 508 g/mol. The summed E-state index contributed by atoms with van der Waals surface area (Å²) in [6.45, 7) is 3.00. The van der Waals surface area contributed by atoms with E-state index in [0.717, 1.165) is 35.5 Å². The van der Waals surface area contributed by atoms with E-state index in [-0.39, 0.29) is 18.2 Å². The van der Waals surface area contributed by atoms with Gasteiger partial charge in [0.15, 0.2) is 0 Å². The minimum Gasteiger partial charge on any atom is -0.367 e. The van der Waals surface area contributed by atoms with Crippen LogP contribution in [0.3, 0.4) is 0 Å². The Kier molecular flexibility index (Phi) is 6.69. The van der Waals surface area contributed by atoms with Crippen LogP contribution in [0.15, 0.2) is 66.7 Å². The molecule has 0 bridgehead atoms. The molecule has 0 saturated carbocycles. The highest BCUT2D eigenvalue weighted by molar-refractivity contribution is 6.31. The molecule has 0 radical (unpaired) electrons. The van der Waals surface area contributed by atoms with E-state index in [9.17, 15) is 9.59 Å². The first kappa shape index (κ1) is 23.7. The minimum atomic E-state index is -1.10. The van der Waals surface area contributed by atoms with Crippen molar-refractivity contribution in [3.63, 3.8) is 0 Å². The normalized spacial score (nSPS) is 19.3. The van der Waals surface area contributed by atoms with Gasteiger partial charge in [-0.25, -0.2) is 0 Å². The van der Waals surface area contributed by atoms with Crippen molar-refractivity contribution in [2.45, 2.75) is 18.4 Å². The zero-order valence-corrected chi connectivity index (χ0v) is 20.6. The van der Waals surface area contributed by atoms with Crippen molar-refractivity contribution < 1.29 is 9.59 Å². The predicted molar refractivity (Wildman–Crippen MR) is 140 cm³/mol. The summed E-state index contributed by atoms with van der Waals surface area (Å²) in [5.74, 6) is -0.106. The highest BCUT2D eigenvalue weighted by Crippen LogP contribution is 2.43. The Balaban J connectivity index is 1.52. The summed E-state index contributed by atoms with van der Waals surface area (Å²) in [7, 11) is 0. The van der Waals surface area contributed by atoms with Gasteiger partial charge in [0.1, 0.15) is 5.54 Å². The molecule has 8 heteroatoms. The first-order valence-corrected chi connectivity index (χ1v) is 12.4. The molecule has 1 atom stereocenters. The molecule has 1 saturated heterocycles. The van der Waals surface area contributed by atoms with Gasteiger partial charge in [-0.3, -0.25) is 9.59 Å². The number of halogens is 2. The summed E-state index contributed by atoms with van der Waals surface area (Å²) in [4.78, 5) is 28.5. The van der Waals surface area contributed by atoms with Gasteiger partial charge in [-0.1, -0.05) is 59.6 Å². The number of rotatable bonds is 6. The average Bonchev–Trinajstić information content (AvgIpc) is 3.10. The van der Waals surface area contributed by atoms with Gasteiger partial charge >= 0.3 is 0 Å². The Labute approximate surface area is 214 Å². The third-order valence-electron chi connectivity index (χ3n) is 6.61. The Morgan fingerprint density at radius 2 is 1.74 bits per heavy atom. The Morgan fingerprint density at radius 1 is 0.971 bits per heavy atom. The Bertz CT molecular complexity index is 1280. The quantitative estimate of drug-likeness (QED) is 0.459. The van der Waals surface area contributed by atoms with Crippen LogP contribution in [-0.4, -0.2) is 42.9 Å². The Morgan fingerprint density at radius 3 is 2.54 bits per heavy atom. The summed E-state index contributed by atoms with van der Waals surface area (Å²) in [6.07, 6.45) is 0.625. The minimum absolute atomic E-state index is 0.0766. The highest BCUT2D eigenvalue weighted by Gasteiger charge is 2.47. The number of para-hydroxylation sites is 1. The van der Waals surface area contributed by atoms with Crippen molar-refractivity contribution in [1.82, 2.24) is 10.2 Å². The molecular weight excluding hydrogens is 483 g/mol. The average molecular weight is 509 g/mol.